The lowest BCUT2D eigenvalue weighted by Gasteiger charge is -2.07. The molecule has 0 unspecified atom stereocenters. The number of fused-ring (bicyclic) bond motifs is 1. The first-order chi connectivity index (χ1) is 10.2. The van der Waals surface area contributed by atoms with Gasteiger partial charge < -0.3 is 15.9 Å². The van der Waals surface area contributed by atoms with Crippen LogP contribution in [0.4, 0.5) is 11.8 Å². The Kier molecular flexibility index (Phi) is 5.19. The SMILES string of the molecule is CCC[C@H](C=Nc1nc(N)nc2ccc(CO)cc12)CO. The maximum absolute atomic E-state index is 9.30. The summed E-state index contributed by atoms with van der Waals surface area (Å²) in [6, 6.07) is 5.37. The van der Waals surface area contributed by atoms with E-state index >= 15 is 0 Å². The lowest BCUT2D eigenvalue weighted by molar-refractivity contribution is 0.257. The zero-order valence-electron chi connectivity index (χ0n) is 12.0. The van der Waals surface area contributed by atoms with Crippen molar-refractivity contribution in [3.63, 3.8) is 0 Å². The van der Waals surface area contributed by atoms with Crippen molar-refractivity contribution < 1.29 is 10.2 Å². The third-order valence-electron chi connectivity index (χ3n) is 3.24. The van der Waals surface area contributed by atoms with Crippen LogP contribution in [0.2, 0.25) is 0 Å². The Labute approximate surface area is 123 Å². The van der Waals surface area contributed by atoms with Gasteiger partial charge in [-0.15, -0.1) is 0 Å². The van der Waals surface area contributed by atoms with Crippen LogP contribution in [0.1, 0.15) is 25.3 Å². The number of aliphatic hydroxyl groups is 2. The maximum atomic E-state index is 9.30. The van der Waals surface area contributed by atoms with Crippen molar-refractivity contribution >= 4 is 28.9 Å². The maximum Gasteiger partial charge on any atom is 0.222 e. The van der Waals surface area contributed by atoms with Gasteiger partial charge in [-0.2, -0.15) is 4.98 Å². The van der Waals surface area contributed by atoms with Gasteiger partial charge in [0.15, 0.2) is 5.82 Å². The van der Waals surface area contributed by atoms with Crippen LogP contribution >= 0.6 is 0 Å². The highest BCUT2D eigenvalue weighted by molar-refractivity contribution is 5.90. The summed E-state index contributed by atoms with van der Waals surface area (Å²) in [5, 5.41) is 19.3. The molecule has 1 aromatic heterocycles. The number of hydrogen-bond acceptors (Lipinski definition) is 6. The quantitative estimate of drug-likeness (QED) is 0.703. The molecule has 0 saturated heterocycles. The Morgan fingerprint density at radius 3 is 2.81 bits per heavy atom. The molecule has 6 heteroatoms. The van der Waals surface area contributed by atoms with E-state index in [0.29, 0.717) is 11.3 Å². The fourth-order valence-electron chi connectivity index (χ4n) is 2.13. The number of nitrogens with zero attached hydrogens (tertiary/aromatic N) is 3. The molecule has 2 aromatic rings. The van der Waals surface area contributed by atoms with E-state index in [-0.39, 0.29) is 25.1 Å². The predicted octanol–water partition coefficient (Wildman–Crippen LogP) is 1.82. The Bertz CT molecular complexity index is 643. The van der Waals surface area contributed by atoms with Crippen molar-refractivity contribution in [2.24, 2.45) is 10.9 Å². The average molecular weight is 288 g/mol. The van der Waals surface area contributed by atoms with Gasteiger partial charge in [-0.3, -0.25) is 0 Å². The topological polar surface area (TPSA) is 105 Å². The zero-order chi connectivity index (χ0) is 15.2. The Balaban J connectivity index is 2.43. The number of rotatable bonds is 6. The summed E-state index contributed by atoms with van der Waals surface area (Å²) >= 11 is 0. The molecule has 112 valence electrons. The lowest BCUT2D eigenvalue weighted by Crippen LogP contribution is -2.06. The van der Waals surface area contributed by atoms with Crippen molar-refractivity contribution in [1.29, 1.82) is 0 Å². The molecule has 1 atom stereocenters. The van der Waals surface area contributed by atoms with Crippen LogP contribution in [0.5, 0.6) is 0 Å². The van der Waals surface area contributed by atoms with Crippen LogP contribution in [0.15, 0.2) is 23.2 Å². The summed E-state index contributed by atoms with van der Waals surface area (Å²) in [5.74, 6) is 0.618. The molecule has 0 amide bonds. The molecule has 0 saturated carbocycles. The van der Waals surface area contributed by atoms with Gasteiger partial charge in [-0.25, -0.2) is 9.98 Å². The summed E-state index contributed by atoms with van der Waals surface area (Å²) in [4.78, 5) is 12.7. The second-order valence-electron chi connectivity index (χ2n) is 4.92. The summed E-state index contributed by atoms with van der Waals surface area (Å²) < 4.78 is 0. The van der Waals surface area contributed by atoms with E-state index < -0.39 is 0 Å². The largest absolute Gasteiger partial charge is 0.396 e. The van der Waals surface area contributed by atoms with Crippen molar-refractivity contribution in [3.05, 3.63) is 23.8 Å². The lowest BCUT2D eigenvalue weighted by atomic mass is 10.1. The molecule has 0 spiro atoms. The third-order valence-corrected chi connectivity index (χ3v) is 3.24. The summed E-state index contributed by atoms with van der Waals surface area (Å²) in [5.41, 5.74) is 7.14. The molecular weight excluding hydrogens is 268 g/mol. The fourth-order valence-corrected chi connectivity index (χ4v) is 2.13. The number of benzene rings is 1. The Morgan fingerprint density at radius 1 is 1.33 bits per heavy atom. The van der Waals surface area contributed by atoms with Crippen LogP contribution in [-0.2, 0) is 6.61 Å². The highest BCUT2D eigenvalue weighted by Crippen LogP contribution is 2.25. The number of nitrogen functional groups attached to an aromatic ring is 1. The van der Waals surface area contributed by atoms with Gasteiger partial charge in [0, 0.05) is 17.5 Å². The van der Waals surface area contributed by atoms with Gasteiger partial charge >= 0.3 is 0 Å². The van der Waals surface area contributed by atoms with Crippen LogP contribution < -0.4 is 5.73 Å². The molecule has 1 aromatic carbocycles. The van der Waals surface area contributed by atoms with Crippen LogP contribution in [0, 0.1) is 5.92 Å². The fraction of sp³-hybridized carbons (Fsp3) is 0.400. The average Bonchev–Trinajstić information content (AvgIpc) is 2.50. The first-order valence-electron chi connectivity index (χ1n) is 7.00. The number of nitrogens with two attached hydrogens (primary N) is 1. The van der Waals surface area contributed by atoms with Crippen LogP contribution in [-0.4, -0.2) is 33.0 Å². The van der Waals surface area contributed by atoms with Gasteiger partial charge in [-0.05, 0) is 24.1 Å². The number of aliphatic hydroxyl groups excluding tert-OH is 2. The minimum atomic E-state index is -0.0570. The van der Waals surface area contributed by atoms with Crippen molar-refractivity contribution in [3.8, 4) is 0 Å². The van der Waals surface area contributed by atoms with Gasteiger partial charge in [0.05, 0.1) is 18.7 Å². The normalized spacial score (nSPS) is 13.1. The highest BCUT2D eigenvalue weighted by atomic mass is 16.3. The molecule has 0 aliphatic heterocycles. The number of hydrogen-bond donors (Lipinski definition) is 3. The predicted molar refractivity (Wildman–Crippen MR) is 83.5 cm³/mol. The van der Waals surface area contributed by atoms with Crippen molar-refractivity contribution in [1.82, 2.24) is 9.97 Å². The first kappa shape index (κ1) is 15.3. The number of aliphatic imine (C=N–C) groups is 1. The van der Waals surface area contributed by atoms with Crippen LogP contribution in [0.3, 0.4) is 0 Å². The van der Waals surface area contributed by atoms with Gasteiger partial charge in [0.2, 0.25) is 5.95 Å². The summed E-state index contributed by atoms with van der Waals surface area (Å²) in [6.45, 7) is 2.05. The molecule has 0 radical (unpaired) electrons. The standard InChI is InChI=1S/C15H20N4O2/c1-2-3-11(9-21)7-17-14-12-6-10(8-20)4-5-13(12)18-15(16)19-14/h4-7,11,20-21H,2-3,8-9H2,1H3,(H2,16,18,19)/t11-/m1/s1. The molecule has 1 heterocycles. The molecular formula is C15H20N4O2. The van der Waals surface area contributed by atoms with E-state index in [4.69, 9.17) is 5.73 Å². The minimum absolute atomic E-state index is 0.00210. The van der Waals surface area contributed by atoms with E-state index in [1.165, 1.54) is 0 Å². The molecule has 6 nitrogen and oxygen atoms in total. The first-order valence-corrected chi connectivity index (χ1v) is 7.00. The van der Waals surface area contributed by atoms with E-state index in [1.54, 1.807) is 24.4 Å². The number of aromatic nitrogens is 2. The van der Waals surface area contributed by atoms with E-state index in [1.807, 2.05) is 0 Å². The van der Waals surface area contributed by atoms with E-state index in [0.717, 1.165) is 23.8 Å². The van der Waals surface area contributed by atoms with Crippen molar-refractivity contribution in [2.75, 3.05) is 12.3 Å². The smallest absolute Gasteiger partial charge is 0.222 e. The van der Waals surface area contributed by atoms with Gasteiger partial charge in [-0.1, -0.05) is 19.4 Å². The second-order valence-corrected chi connectivity index (χ2v) is 4.92. The highest BCUT2D eigenvalue weighted by Gasteiger charge is 2.08. The molecule has 0 fully saturated rings. The molecule has 0 aliphatic rings. The van der Waals surface area contributed by atoms with E-state index in [9.17, 15) is 10.2 Å². The van der Waals surface area contributed by atoms with Gasteiger partial charge in [0.25, 0.3) is 0 Å². The summed E-state index contributed by atoms with van der Waals surface area (Å²) in [7, 11) is 0. The van der Waals surface area contributed by atoms with Crippen molar-refractivity contribution in [2.45, 2.75) is 26.4 Å². The molecule has 2 rings (SSSR count). The Morgan fingerprint density at radius 2 is 2.14 bits per heavy atom. The molecule has 21 heavy (non-hydrogen) atoms. The Hall–Kier alpha value is -2.05. The zero-order valence-corrected chi connectivity index (χ0v) is 12.0. The monoisotopic (exact) mass is 288 g/mol. The third kappa shape index (κ3) is 3.74. The minimum Gasteiger partial charge on any atom is -0.396 e. The second kappa shape index (κ2) is 7.10. The van der Waals surface area contributed by atoms with Gasteiger partial charge in [0.1, 0.15) is 0 Å². The number of anilines is 1. The van der Waals surface area contributed by atoms with Crippen LogP contribution in [0.25, 0.3) is 10.9 Å². The molecule has 0 aliphatic carbocycles. The van der Waals surface area contributed by atoms with E-state index in [2.05, 4.69) is 21.9 Å². The molecule has 0 bridgehead atoms. The molecule has 4 N–H and O–H groups in total. The summed E-state index contributed by atoms with van der Waals surface area (Å²) in [6.07, 6.45) is 3.54.